The van der Waals surface area contributed by atoms with Gasteiger partial charge in [-0.2, -0.15) is 0 Å². The van der Waals surface area contributed by atoms with Crippen molar-refractivity contribution in [3.05, 3.63) is 35.6 Å². The van der Waals surface area contributed by atoms with Gasteiger partial charge in [-0.3, -0.25) is 9.69 Å². The largest absolute Gasteiger partial charge is 0.481 e. The Morgan fingerprint density at radius 1 is 1.29 bits per heavy atom. The first kappa shape index (κ1) is 17.1. The first-order valence-electron chi connectivity index (χ1n) is 8.72. The fraction of sp³-hybridized carbons (Fsp3) is 0.579. The second kappa shape index (κ2) is 7.01. The lowest BCUT2D eigenvalue weighted by atomic mass is 9.78. The summed E-state index contributed by atoms with van der Waals surface area (Å²) in [6.45, 7) is 1.19. The van der Waals surface area contributed by atoms with Gasteiger partial charge in [0.2, 0.25) is 0 Å². The summed E-state index contributed by atoms with van der Waals surface area (Å²) < 4.78 is 13.6. The van der Waals surface area contributed by atoms with Crippen LogP contribution in [-0.4, -0.2) is 40.9 Å². The van der Waals surface area contributed by atoms with E-state index in [0.717, 1.165) is 44.0 Å². The number of hydrogen-bond donors (Lipinski definition) is 1. The second-order valence-corrected chi connectivity index (χ2v) is 7.22. The van der Waals surface area contributed by atoms with Crippen LogP contribution < -0.4 is 0 Å². The lowest BCUT2D eigenvalue weighted by molar-refractivity contribution is -0.141. The highest BCUT2D eigenvalue weighted by Crippen LogP contribution is 2.43. The van der Waals surface area contributed by atoms with Crippen LogP contribution in [0.2, 0.25) is 0 Å². The number of aliphatic carboxylic acids is 1. The molecule has 1 aromatic rings. The smallest absolute Gasteiger partial charge is 0.305 e. The van der Waals surface area contributed by atoms with Crippen molar-refractivity contribution < 1.29 is 19.1 Å². The molecule has 1 heterocycles. The number of likely N-dealkylation sites (tertiary alicyclic amines) is 1. The van der Waals surface area contributed by atoms with E-state index in [0.29, 0.717) is 13.1 Å². The molecular formula is C19H24FNO3. The topological polar surface area (TPSA) is 57.6 Å². The van der Waals surface area contributed by atoms with Crippen molar-refractivity contribution in [3.8, 4) is 0 Å². The maximum Gasteiger partial charge on any atom is 0.305 e. The lowest BCUT2D eigenvalue weighted by Crippen LogP contribution is -2.50. The van der Waals surface area contributed by atoms with E-state index in [9.17, 15) is 19.1 Å². The molecule has 0 spiro atoms. The number of carbonyl (C=O) groups is 2. The summed E-state index contributed by atoms with van der Waals surface area (Å²) in [5.41, 5.74) is 0.476. The van der Waals surface area contributed by atoms with Gasteiger partial charge in [-0.25, -0.2) is 4.39 Å². The predicted molar refractivity (Wildman–Crippen MR) is 88.3 cm³/mol. The van der Waals surface area contributed by atoms with Crippen molar-refractivity contribution in [2.45, 2.75) is 50.0 Å². The van der Waals surface area contributed by atoms with Crippen LogP contribution in [0.4, 0.5) is 4.39 Å². The Morgan fingerprint density at radius 2 is 2.04 bits per heavy atom. The van der Waals surface area contributed by atoms with Crippen molar-refractivity contribution in [2.24, 2.45) is 5.92 Å². The number of hydrogen-bond acceptors (Lipinski definition) is 3. The number of rotatable bonds is 5. The van der Waals surface area contributed by atoms with E-state index in [1.165, 1.54) is 12.1 Å². The summed E-state index contributed by atoms with van der Waals surface area (Å²) in [5.74, 6) is -1.35. The van der Waals surface area contributed by atoms with Gasteiger partial charge < -0.3 is 9.90 Å². The molecule has 2 unspecified atom stereocenters. The van der Waals surface area contributed by atoms with Gasteiger partial charge in [0, 0.05) is 30.5 Å². The summed E-state index contributed by atoms with van der Waals surface area (Å²) in [6.07, 6.45) is 5.99. The Kier molecular flexibility index (Phi) is 4.99. The minimum Gasteiger partial charge on any atom is -0.481 e. The summed E-state index contributed by atoms with van der Waals surface area (Å²) >= 11 is 0. The zero-order chi connectivity index (χ0) is 17.2. The summed E-state index contributed by atoms with van der Waals surface area (Å²) in [4.78, 5) is 25.2. The molecule has 4 nitrogen and oxygen atoms in total. The molecule has 5 heteroatoms. The van der Waals surface area contributed by atoms with Crippen molar-refractivity contribution >= 4 is 12.3 Å². The maximum absolute atomic E-state index is 13.6. The van der Waals surface area contributed by atoms with Gasteiger partial charge in [-0.1, -0.05) is 31.4 Å². The van der Waals surface area contributed by atoms with Gasteiger partial charge >= 0.3 is 5.97 Å². The Balaban J connectivity index is 1.86. The molecule has 0 aromatic heterocycles. The van der Waals surface area contributed by atoms with E-state index in [1.807, 2.05) is 6.07 Å². The highest BCUT2D eigenvalue weighted by atomic mass is 19.1. The van der Waals surface area contributed by atoms with Crippen molar-refractivity contribution in [2.75, 3.05) is 13.1 Å². The molecule has 0 bridgehead atoms. The Bertz CT molecular complexity index is 612. The third-order valence-corrected chi connectivity index (χ3v) is 5.75. The zero-order valence-electron chi connectivity index (χ0n) is 13.8. The molecule has 3 rings (SSSR count). The van der Waals surface area contributed by atoms with E-state index in [2.05, 4.69) is 4.90 Å². The number of benzene rings is 1. The van der Waals surface area contributed by atoms with E-state index >= 15 is 0 Å². The molecule has 1 aliphatic carbocycles. The third kappa shape index (κ3) is 3.36. The summed E-state index contributed by atoms with van der Waals surface area (Å²) in [7, 11) is 0. The Hall–Kier alpha value is -1.75. The molecule has 24 heavy (non-hydrogen) atoms. The molecule has 1 saturated heterocycles. The van der Waals surface area contributed by atoms with Crippen LogP contribution in [0.25, 0.3) is 0 Å². The van der Waals surface area contributed by atoms with Crippen molar-refractivity contribution in [3.63, 3.8) is 0 Å². The number of halogens is 1. The summed E-state index contributed by atoms with van der Waals surface area (Å²) in [6, 6.07) is 6.43. The molecule has 2 aliphatic rings. The number of carboxylic acid groups (broad SMARTS) is 1. The molecular weight excluding hydrogens is 309 g/mol. The predicted octanol–water partition coefficient (Wildman–Crippen LogP) is 3.22. The monoisotopic (exact) mass is 333 g/mol. The van der Waals surface area contributed by atoms with Crippen molar-refractivity contribution in [1.82, 2.24) is 4.90 Å². The molecule has 1 saturated carbocycles. The first-order valence-corrected chi connectivity index (χ1v) is 8.72. The average molecular weight is 333 g/mol. The van der Waals surface area contributed by atoms with E-state index in [-0.39, 0.29) is 29.6 Å². The van der Waals surface area contributed by atoms with Gasteiger partial charge in [0.05, 0.1) is 6.42 Å². The SMILES string of the molecule is O=CC1CN(C2(CC(=O)O)CCCCC2)CC1c1cccc(F)c1. The zero-order valence-corrected chi connectivity index (χ0v) is 13.8. The molecule has 1 aliphatic heterocycles. The summed E-state index contributed by atoms with van der Waals surface area (Å²) in [5, 5.41) is 9.39. The van der Waals surface area contributed by atoms with Crippen LogP contribution >= 0.6 is 0 Å². The lowest BCUT2D eigenvalue weighted by Gasteiger charge is -2.44. The van der Waals surface area contributed by atoms with E-state index in [1.54, 1.807) is 6.07 Å². The van der Waals surface area contributed by atoms with E-state index < -0.39 is 5.97 Å². The Morgan fingerprint density at radius 3 is 2.67 bits per heavy atom. The van der Waals surface area contributed by atoms with Gasteiger partial charge in [-0.15, -0.1) is 0 Å². The first-order chi connectivity index (χ1) is 11.5. The van der Waals surface area contributed by atoms with Gasteiger partial charge in [0.15, 0.2) is 0 Å². The highest BCUT2D eigenvalue weighted by molar-refractivity contribution is 5.68. The molecule has 0 amide bonds. The fourth-order valence-electron chi connectivity index (χ4n) is 4.54. The molecule has 2 fully saturated rings. The third-order valence-electron chi connectivity index (χ3n) is 5.75. The maximum atomic E-state index is 13.6. The van der Waals surface area contributed by atoms with Crippen LogP contribution in [0.5, 0.6) is 0 Å². The van der Waals surface area contributed by atoms with Crippen LogP contribution in [0.15, 0.2) is 24.3 Å². The van der Waals surface area contributed by atoms with Crippen LogP contribution in [0.3, 0.4) is 0 Å². The van der Waals surface area contributed by atoms with Gasteiger partial charge in [0.1, 0.15) is 12.1 Å². The number of carbonyl (C=O) groups excluding carboxylic acids is 1. The van der Waals surface area contributed by atoms with E-state index in [4.69, 9.17) is 0 Å². The number of aldehydes is 1. The number of carboxylic acids is 1. The highest BCUT2D eigenvalue weighted by Gasteiger charge is 2.46. The molecule has 1 aromatic carbocycles. The molecule has 1 N–H and O–H groups in total. The van der Waals surface area contributed by atoms with Gasteiger partial charge in [-0.05, 0) is 30.5 Å². The average Bonchev–Trinajstić information content (AvgIpc) is 3.00. The van der Waals surface area contributed by atoms with Crippen LogP contribution in [0, 0.1) is 11.7 Å². The minimum atomic E-state index is -0.784. The second-order valence-electron chi connectivity index (χ2n) is 7.22. The molecule has 2 atom stereocenters. The number of nitrogens with zero attached hydrogens (tertiary/aromatic N) is 1. The quantitative estimate of drug-likeness (QED) is 0.841. The minimum absolute atomic E-state index is 0.0641. The van der Waals surface area contributed by atoms with Crippen LogP contribution in [0.1, 0.15) is 50.0 Å². The van der Waals surface area contributed by atoms with Crippen molar-refractivity contribution in [1.29, 1.82) is 0 Å². The standard InChI is InChI=1S/C19H24FNO3/c20-16-6-4-5-14(9-16)17-12-21(11-15(17)13-22)19(10-18(23)24)7-2-1-3-8-19/h4-6,9,13,15,17H,1-3,7-8,10-12H2,(H,23,24). The molecule has 130 valence electrons. The fourth-order valence-corrected chi connectivity index (χ4v) is 4.54. The van der Waals surface area contributed by atoms with Crippen LogP contribution in [-0.2, 0) is 9.59 Å². The molecule has 0 radical (unpaired) electrons. The van der Waals surface area contributed by atoms with Gasteiger partial charge in [0.25, 0.3) is 0 Å². The Labute approximate surface area is 141 Å². The normalized spacial score (nSPS) is 27.0.